The van der Waals surface area contributed by atoms with Gasteiger partial charge in [0.1, 0.15) is 12.4 Å². The molecule has 0 saturated heterocycles. The molecule has 1 aromatic heterocycles. The molecular formula is C16H19N3O3. The Balaban J connectivity index is 1.56. The van der Waals surface area contributed by atoms with Crippen molar-refractivity contribution in [3.8, 4) is 5.75 Å². The second kappa shape index (κ2) is 6.17. The zero-order valence-electron chi connectivity index (χ0n) is 12.7. The fourth-order valence-electron chi connectivity index (χ4n) is 2.38. The number of nitrogens with one attached hydrogen (secondary N) is 1. The van der Waals surface area contributed by atoms with Crippen LogP contribution in [-0.4, -0.2) is 22.7 Å². The fraction of sp³-hybridized carbons (Fsp3) is 0.438. The molecule has 3 rings (SSSR count). The number of carbonyl (C=O) groups excluding carboxylic acids is 1. The molecule has 6 nitrogen and oxygen atoms in total. The van der Waals surface area contributed by atoms with Crippen molar-refractivity contribution in [1.29, 1.82) is 0 Å². The third-order valence-corrected chi connectivity index (χ3v) is 3.66. The van der Waals surface area contributed by atoms with E-state index in [1.165, 1.54) is 0 Å². The maximum Gasteiger partial charge on any atom is 0.246 e. The maximum absolute atomic E-state index is 12.2. The lowest BCUT2D eigenvalue weighted by Crippen LogP contribution is -2.37. The van der Waals surface area contributed by atoms with E-state index in [0.29, 0.717) is 24.7 Å². The van der Waals surface area contributed by atoms with Crippen molar-refractivity contribution in [2.45, 2.75) is 32.7 Å². The van der Waals surface area contributed by atoms with E-state index in [2.05, 4.69) is 15.5 Å². The van der Waals surface area contributed by atoms with Gasteiger partial charge in [-0.05, 0) is 18.1 Å². The van der Waals surface area contributed by atoms with Gasteiger partial charge in [0.25, 0.3) is 0 Å². The Hall–Kier alpha value is -2.37. The average Bonchev–Trinajstić information content (AvgIpc) is 3.01. The molecule has 2 heterocycles. The Bertz CT molecular complexity index is 666. The van der Waals surface area contributed by atoms with Crippen molar-refractivity contribution < 1.29 is 14.1 Å². The Kier molecular flexibility index (Phi) is 4.09. The van der Waals surface area contributed by atoms with E-state index in [4.69, 9.17) is 9.26 Å². The van der Waals surface area contributed by atoms with Gasteiger partial charge < -0.3 is 14.6 Å². The maximum atomic E-state index is 12.2. The van der Waals surface area contributed by atoms with Crippen LogP contribution in [0.2, 0.25) is 0 Å². The van der Waals surface area contributed by atoms with E-state index in [9.17, 15) is 4.79 Å². The quantitative estimate of drug-likeness (QED) is 0.935. The first-order valence-electron chi connectivity index (χ1n) is 7.44. The van der Waals surface area contributed by atoms with Crippen LogP contribution in [0.3, 0.4) is 0 Å². The molecule has 1 aliphatic rings. The van der Waals surface area contributed by atoms with Gasteiger partial charge in [-0.2, -0.15) is 4.98 Å². The number of hydrogen-bond donors (Lipinski definition) is 1. The molecule has 0 saturated carbocycles. The minimum Gasteiger partial charge on any atom is -0.492 e. The van der Waals surface area contributed by atoms with Gasteiger partial charge in [-0.3, -0.25) is 4.79 Å². The average molecular weight is 301 g/mol. The standard InChI is InChI=1S/C16H19N3O3/c1-10(2)15-18-14(22-19-15)8-17-16(20)12-7-11-5-3-4-6-13(11)21-9-12/h3-6,10,12H,7-9H2,1-2H3,(H,17,20)/t12-/m1/s1. The van der Waals surface area contributed by atoms with E-state index >= 15 is 0 Å². The van der Waals surface area contributed by atoms with Gasteiger partial charge in [0.15, 0.2) is 5.82 Å². The summed E-state index contributed by atoms with van der Waals surface area (Å²) in [5, 5.41) is 6.71. The molecular weight excluding hydrogens is 282 g/mol. The predicted molar refractivity (Wildman–Crippen MR) is 79.4 cm³/mol. The van der Waals surface area contributed by atoms with Crippen LogP contribution in [0.25, 0.3) is 0 Å². The number of carbonyl (C=O) groups is 1. The van der Waals surface area contributed by atoms with Crippen molar-refractivity contribution in [3.05, 3.63) is 41.5 Å². The van der Waals surface area contributed by atoms with Crippen molar-refractivity contribution in [2.24, 2.45) is 5.92 Å². The first-order chi connectivity index (χ1) is 10.6. The largest absolute Gasteiger partial charge is 0.492 e. The second-order valence-corrected chi connectivity index (χ2v) is 5.74. The fourth-order valence-corrected chi connectivity index (χ4v) is 2.38. The van der Waals surface area contributed by atoms with Crippen LogP contribution in [0.15, 0.2) is 28.8 Å². The highest BCUT2D eigenvalue weighted by Crippen LogP contribution is 2.26. The predicted octanol–water partition coefficient (Wildman–Crippen LogP) is 2.06. The molecule has 22 heavy (non-hydrogen) atoms. The van der Waals surface area contributed by atoms with Gasteiger partial charge in [-0.15, -0.1) is 0 Å². The minimum absolute atomic E-state index is 0.0567. The van der Waals surface area contributed by atoms with Crippen LogP contribution in [0, 0.1) is 5.92 Å². The number of para-hydroxylation sites is 1. The molecule has 0 fully saturated rings. The Morgan fingerprint density at radius 3 is 3.00 bits per heavy atom. The lowest BCUT2D eigenvalue weighted by Gasteiger charge is -2.24. The first-order valence-corrected chi connectivity index (χ1v) is 7.44. The molecule has 0 spiro atoms. The Labute approximate surface area is 128 Å². The number of aromatic nitrogens is 2. The SMILES string of the molecule is CC(C)c1noc(CNC(=O)[C@H]2COc3ccccc3C2)n1. The molecule has 0 unspecified atom stereocenters. The lowest BCUT2D eigenvalue weighted by atomic mass is 9.96. The van der Waals surface area contributed by atoms with Gasteiger partial charge in [0.2, 0.25) is 11.8 Å². The molecule has 1 aromatic carbocycles. The molecule has 0 aliphatic carbocycles. The molecule has 1 atom stereocenters. The summed E-state index contributed by atoms with van der Waals surface area (Å²) in [6.07, 6.45) is 0.684. The summed E-state index contributed by atoms with van der Waals surface area (Å²) in [5.74, 6) is 1.90. The molecule has 1 amide bonds. The van der Waals surface area contributed by atoms with Crippen LogP contribution < -0.4 is 10.1 Å². The van der Waals surface area contributed by atoms with Crippen LogP contribution >= 0.6 is 0 Å². The zero-order valence-corrected chi connectivity index (χ0v) is 12.7. The monoisotopic (exact) mass is 301 g/mol. The number of ether oxygens (including phenoxy) is 1. The number of nitrogens with zero attached hydrogens (tertiary/aromatic N) is 2. The number of fused-ring (bicyclic) bond motifs is 1. The Morgan fingerprint density at radius 1 is 1.41 bits per heavy atom. The van der Waals surface area contributed by atoms with E-state index in [0.717, 1.165) is 11.3 Å². The second-order valence-electron chi connectivity index (χ2n) is 5.74. The highest BCUT2D eigenvalue weighted by atomic mass is 16.5. The molecule has 116 valence electrons. The van der Waals surface area contributed by atoms with Gasteiger partial charge in [0, 0.05) is 5.92 Å². The topological polar surface area (TPSA) is 77.2 Å². The molecule has 1 N–H and O–H groups in total. The van der Waals surface area contributed by atoms with Gasteiger partial charge in [-0.1, -0.05) is 37.2 Å². The van der Waals surface area contributed by atoms with Crippen LogP contribution in [0.5, 0.6) is 5.75 Å². The number of rotatable bonds is 4. The van der Waals surface area contributed by atoms with E-state index in [1.54, 1.807) is 0 Å². The van der Waals surface area contributed by atoms with Crippen molar-refractivity contribution in [3.63, 3.8) is 0 Å². The third-order valence-electron chi connectivity index (χ3n) is 3.66. The summed E-state index contributed by atoms with van der Waals surface area (Å²) >= 11 is 0. The molecule has 0 bridgehead atoms. The van der Waals surface area contributed by atoms with E-state index in [-0.39, 0.29) is 24.3 Å². The minimum atomic E-state index is -0.192. The van der Waals surface area contributed by atoms with E-state index < -0.39 is 0 Å². The summed E-state index contributed by atoms with van der Waals surface area (Å²) in [6.45, 7) is 4.62. The van der Waals surface area contributed by atoms with Crippen LogP contribution in [-0.2, 0) is 17.8 Å². The highest BCUT2D eigenvalue weighted by molar-refractivity contribution is 5.79. The lowest BCUT2D eigenvalue weighted by molar-refractivity contribution is -0.126. The summed E-state index contributed by atoms with van der Waals surface area (Å²) < 4.78 is 10.7. The van der Waals surface area contributed by atoms with Gasteiger partial charge >= 0.3 is 0 Å². The molecule has 0 radical (unpaired) electrons. The van der Waals surface area contributed by atoms with Crippen LogP contribution in [0.1, 0.15) is 37.0 Å². The molecule has 6 heteroatoms. The number of hydrogen-bond acceptors (Lipinski definition) is 5. The summed E-state index contributed by atoms with van der Waals surface area (Å²) in [4.78, 5) is 16.5. The van der Waals surface area contributed by atoms with Crippen molar-refractivity contribution in [2.75, 3.05) is 6.61 Å². The Morgan fingerprint density at radius 2 is 2.23 bits per heavy atom. The molecule has 1 aliphatic heterocycles. The highest BCUT2D eigenvalue weighted by Gasteiger charge is 2.25. The van der Waals surface area contributed by atoms with Crippen molar-refractivity contribution >= 4 is 5.91 Å². The smallest absolute Gasteiger partial charge is 0.246 e. The summed E-state index contributed by atoms with van der Waals surface area (Å²) in [5.41, 5.74) is 1.06. The number of amides is 1. The van der Waals surface area contributed by atoms with E-state index in [1.807, 2.05) is 38.1 Å². The summed E-state index contributed by atoms with van der Waals surface area (Å²) in [7, 11) is 0. The first kappa shape index (κ1) is 14.6. The summed E-state index contributed by atoms with van der Waals surface area (Å²) in [6, 6.07) is 7.80. The zero-order chi connectivity index (χ0) is 15.5. The van der Waals surface area contributed by atoms with Gasteiger partial charge in [-0.25, -0.2) is 0 Å². The third kappa shape index (κ3) is 3.10. The number of benzene rings is 1. The molecule has 2 aromatic rings. The van der Waals surface area contributed by atoms with Crippen LogP contribution in [0.4, 0.5) is 0 Å². The van der Waals surface area contributed by atoms with Crippen molar-refractivity contribution in [1.82, 2.24) is 15.5 Å². The van der Waals surface area contributed by atoms with Gasteiger partial charge in [0.05, 0.1) is 12.5 Å². The normalized spacial score (nSPS) is 17.0.